The van der Waals surface area contributed by atoms with E-state index in [4.69, 9.17) is 4.74 Å². The van der Waals surface area contributed by atoms with Gasteiger partial charge in [0.2, 0.25) is 0 Å². The Kier molecular flexibility index (Phi) is 5.08. The summed E-state index contributed by atoms with van der Waals surface area (Å²) in [4.78, 5) is 22.3. The van der Waals surface area contributed by atoms with Crippen LogP contribution < -0.4 is 10.1 Å². The summed E-state index contributed by atoms with van der Waals surface area (Å²) < 4.78 is 5.44. The molecule has 0 saturated carbocycles. The molecule has 1 amide bonds. The van der Waals surface area contributed by atoms with E-state index in [0.29, 0.717) is 23.6 Å². The second-order valence-corrected chi connectivity index (χ2v) is 4.63. The molecule has 2 aromatic carbocycles. The SMILES string of the molecule is CCCOc1ccc(C(=O)Nc2cccc([N+](=O)[O-])c2)cc1. The molecule has 0 radical (unpaired) electrons. The minimum Gasteiger partial charge on any atom is -0.494 e. The van der Waals surface area contributed by atoms with E-state index in [2.05, 4.69) is 5.32 Å². The number of nitro groups is 1. The molecule has 6 nitrogen and oxygen atoms in total. The van der Waals surface area contributed by atoms with E-state index in [1.54, 1.807) is 30.3 Å². The predicted octanol–water partition coefficient (Wildman–Crippen LogP) is 3.64. The van der Waals surface area contributed by atoms with Crippen molar-refractivity contribution in [2.24, 2.45) is 0 Å². The number of hydrogen-bond donors (Lipinski definition) is 1. The summed E-state index contributed by atoms with van der Waals surface area (Å²) in [6.45, 7) is 2.64. The van der Waals surface area contributed by atoms with Crippen molar-refractivity contribution in [3.05, 3.63) is 64.2 Å². The molecule has 0 aliphatic rings. The van der Waals surface area contributed by atoms with Crippen LogP contribution in [0.5, 0.6) is 5.75 Å². The van der Waals surface area contributed by atoms with Gasteiger partial charge in [-0.05, 0) is 36.8 Å². The Hall–Kier alpha value is -2.89. The molecule has 0 aliphatic heterocycles. The average Bonchev–Trinajstić information content (AvgIpc) is 2.53. The van der Waals surface area contributed by atoms with Gasteiger partial charge >= 0.3 is 0 Å². The average molecular weight is 300 g/mol. The fourth-order valence-electron chi connectivity index (χ4n) is 1.82. The van der Waals surface area contributed by atoms with E-state index in [0.717, 1.165) is 6.42 Å². The number of hydrogen-bond acceptors (Lipinski definition) is 4. The van der Waals surface area contributed by atoms with Gasteiger partial charge in [-0.15, -0.1) is 0 Å². The van der Waals surface area contributed by atoms with Gasteiger partial charge < -0.3 is 10.1 Å². The third-order valence-electron chi connectivity index (χ3n) is 2.90. The van der Waals surface area contributed by atoms with Crippen LogP contribution in [0.4, 0.5) is 11.4 Å². The van der Waals surface area contributed by atoms with Crippen molar-refractivity contribution in [2.75, 3.05) is 11.9 Å². The summed E-state index contributed by atoms with van der Waals surface area (Å²) in [5.41, 5.74) is 0.766. The number of amides is 1. The molecule has 1 N–H and O–H groups in total. The highest BCUT2D eigenvalue weighted by Gasteiger charge is 2.10. The van der Waals surface area contributed by atoms with E-state index >= 15 is 0 Å². The Bertz CT molecular complexity index is 668. The van der Waals surface area contributed by atoms with Crippen molar-refractivity contribution in [3.8, 4) is 5.75 Å². The number of rotatable bonds is 6. The van der Waals surface area contributed by atoms with E-state index in [-0.39, 0.29) is 11.6 Å². The molecule has 0 aromatic heterocycles. The number of benzene rings is 2. The molecule has 0 fully saturated rings. The van der Waals surface area contributed by atoms with Gasteiger partial charge in [-0.2, -0.15) is 0 Å². The molecule has 6 heteroatoms. The van der Waals surface area contributed by atoms with E-state index in [9.17, 15) is 14.9 Å². The Labute approximate surface area is 127 Å². The summed E-state index contributed by atoms with van der Waals surface area (Å²) in [5, 5.41) is 13.3. The van der Waals surface area contributed by atoms with Gasteiger partial charge in [0.25, 0.3) is 11.6 Å². The van der Waals surface area contributed by atoms with Crippen LogP contribution >= 0.6 is 0 Å². The maximum Gasteiger partial charge on any atom is 0.271 e. The van der Waals surface area contributed by atoms with Crippen molar-refractivity contribution in [3.63, 3.8) is 0 Å². The van der Waals surface area contributed by atoms with Crippen LogP contribution in [-0.2, 0) is 0 Å². The van der Waals surface area contributed by atoms with Gasteiger partial charge in [0.1, 0.15) is 5.75 Å². The molecule has 2 aromatic rings. The normalized spacial score (nSPS) is 10.0. The number of anilines is 1. The summed E-state index contributed by atoms with van der Waals surface area (Å²) in [6.07, 6.45) is 0.912. The number of nitro benzene ring substituents is 1. The third-order valence-corrected chi connectivity index (χ3v) is 2.90. The van der Waals surface area contributed by atoms with Gasteiger partial charge in [0.05, 0.1) is 11.5 Å². The van der Waals surface area contributed by atoms with Crippen LogP contribution in [0.25, 0.3) is 0 Å². The van der Waals surface area contributed by atoms with Gasteiger partial charge in [-0.25, -0.2) is 0 Å². The highest BCUT2D eigenvalue weighted by Crippen LogP contribution is 2.18. The molecular weight excluding hydrogens is 284 g/mol. The first-order chi connectivity index (χ1) is 10.6. The van der Waals surface area contributed by atoms with Crippen molar-refractivity contribution in [2.45, 2.75) is 13.3 Å². The summed E-state index contributed by atoms with van der Waals surface area (Å²) in [5.74, 6) is 0.372. The van der Waals surface area contributed by atoms with Crippen molar-refractivity contribution < 1.29 is 14.5 Å². The predicted molar refractivity (Wildman–Crippen MR) is 83.3 cm³/mol. The largest absolute Gasteiger partial charge is 0.494 e. The summed E-state index contributed by atoms with van der Waals surface area (Å²) in [6, 6.07) is 12.6. The highest BCUT2D eigenvalue weighted by atomic mass is 16.6. The summed E-state index contributed by atoms with van der Waals surface area (Å²) >= 11 is 0. The van der Waals surface area contributed by atoms with Crippen molar-refractivity contribution >= 4 is 17.3 Å². The van der Waals surface area contributed by atoms with Gasteiger partial charge in [0.15, 0.2) is 0 Å². The lowest BCUT2D eigenvalue weighted by molar-refractivity contribution is -0.384. The quantitative estimate of drug-likeness (QED) is 0.652. The number of carbonyl (C=O) groups excluding carboxylic acids is 1. The van der Waals surface area contributed by atoms with Crippen LogP contribution in [0.3, 0.4) is 0 Å². The zero-order valence-electron chi connectivity index (χ0n) is 12.1. The molecule has 22 heavy (non-hydrogen) atoms. The first-order valence-electron chi connectivity index (χ1n) is 6.89. The third kappa shape index (κ3) is 4.05. The molecule has 0 aliphatic carbocycles. The molecule has 0 spiro atoms. The second kappa shape index (κ2) is 7.21. The monoisotopic (exact) mass is 300 g/mol. The van der Waals surface area contributed by atoms with Crippen LogP contribution in [-0.4, -0.2) is 17.4 Å². The second-order valence-electron chi connectivity index (χ2n) is 4.63. The van der Waals surface area contributed by atoms with Gasteiger partial charge in [-0.1, -0.05) is 13.0 Å². The van der Waals surface area contributed by atoms with E-state index < -0.39 is 4.92 Å². The van der Waals surface area contributed by atoms with Crippen LogP contribution in [0.1, 0.15) is 23.7 Å². The molecule has 0 heterocycles. The first kappa shape index (κ1) is 15.5. The fraction of sp³-hybridized carbons (Fsp3) is 0.188. The number of ether oxygens (including phenoxy) is 1. The van der Waals surface area contributed by atoms with Crippen LogP contribution in [0.2, 0.25) is 0 Å². The lowest BCUT2D eigenvalue weighted by Gasteiger charge is -2.07. The van der Waals surface area contributed by atoms with E-state index in [1.165, 1.54) is 18.2 Å². The lowest BCUT2D eigenvalue weighted by atomic mass is 10.2. The van der Waals surface area contributed by atoms with Crippen molar-refractivity contribution in [1.29, 1.82) is 0 Å². The molecular formula is C16H16N2O4. The number of non-ortho nitro benzene ring substituents is 1. The zero-order chi connectivity index (χ0) is 15.9. The van der Waals surface area contributed by atoms with Crippen LogP contribution in [0.15, 0.2) is 48.5 Å². The topological polar surface area (TPSA) is 81.5 Å². The number of nitrogens with zero attached hydrogens (tertiary/aromatic N) is 1. The van der Waals surface area contributed by atoms with Crippen molar-refractivity contribution in [1.82, 2.24) is 0 Å². The Morgan fingerprint density at radius 3 is 2.59 bits per heavy atom. The smallest absolute Gasteiger partial charge is 0.271 e. The van der Waals surface area contributed by atoms with Crippen LogP contribution in [0, 0.1) is 10.1 Å². The first-order valence-corrected chi connectivity index (χ1v) is 6.89. The Balaban J connectivity index is 2.05. The standard InChI is InChI=1S/C16H16N2O4/c1-2-10-22-15-8-6-12(7-9-15)16(19)17-13-4-3-5-14(11-13)18(20)21/h3-9,11H,2,10H2,1H3,(H,17,19). The molecule has 0 bridgehead atoms. The number of carbonyl (C=O) groups is 1. The minimum atomic E-state index is -0.504. The lowest BCUT2D eigenvalue weighted by Crippen LogP contribution is -2.11. The molecule has 0 atom stereocenters. The fourth-order valence-corrected chi connectivity index (χ4v) is 1.82. The van der Waals surface area contributed by atoms with E-state index in [1.807, 2.05) is 6.92 Å². The minimum absolute atomic E-state index is 0.0684. The number of nitrogens with one attached hydrogen (secondary N) is 1. The summed E-state index contributed by atoms with van der Waals surface area (Å²) in [7, 11) is 0. The maximum atomic E-state index is 12.1. The molecule has 114 valence electrons. The molecule has 0 unspecified atom stereocenters. The molecule has 2 rings (SSSR count). The molecule has 0 saturated heterocycles. The Morgan fingerprint density at radius 2 is 1.95 bits per heavy atom. The zero-order valence-corrected chi connectivity index (χ0v) is 12.1. The maximum absolute atomic E-state index is 12.1. The van der Waals surface area contributed by atoms with Gasteiger partial charge in [0, 0.05) is 23.4 Å². The Morgan fingerprint density at radius 1 is 1.23 bits per heavy atom. The van der Waals surface area contributed by atoms with Gasteiger partial charge in [-0.3, -0.25) is 14.9 Å². The highest BCUT2D eigenvalue weighted by molar-refractivity contribution is 6.04.